The van der Waals surface area contributed by atoms with Crippen molar-refractivity contribution in [3.63, 3.8) is 0 Å². The molecule has 2 heterocycles. The van der Waals surface area contributed by atoms with Gasteiger partial charge in [-0.3, -0.25) is 9.48 Å². The van der Waals surface area contributed by atoms with Crippen molar-refractivity contribution in [2.75, 3.05) is 0 Å². The minimum atomic E-state index is -0.415. The van der Waals surface area contributed by atoms with Gasteiger partial charge in [-0.2, -0.15) is 10.2 Å². The molecule has 1 N–H and O–H groups in total. The Morgan fingerprint density at radius 3 is 2.40 bits per heavy atom. The number of halogens is 1. The SMILES string of the molecule is CCC(C(=O)NCc1cn(-c2ccccc2)nc1-c1ccccc1)n1cc(Cl)cn1. The molecule has 1 amide bonds. The summed E-state index contributed by atoms with van der Waals surface area (Å²) in [4.78, 5) is 12.8. The number of amides is 1. The van der Waals surface area contributed by atoms with Crippen LogP contribution in [-0.4, -0.2) is 25.5 Å². The Balaban J connectivity index is 1.59. The van der Waals surface area contributed by atoms with Crippen LogP contribution in [0.1, 0.15) is 24.9 Å². The fourth-order valence-corrected chi connectivity index (χ4v) is 3.51. The van der Waals surface area contributed by atoms with Gasteiger partial charge in [-0.25, -0.2) is 4.68 Å². The molecule has 7 heteroatoms. The van der Waals surface area contributed by atoms with Gasteiger partial charge in [0.1, 0.15) is 6.04 Å². The van der Waals surface area contributed by atoms with E-state index >= 15 is 0 Å². The first-order valence-corrected chi connectivity index (χ1v) is 10.2. The van der Waals surface area contributed by atoms with Gasteiger partial charge >= 0.3 is 0 Å². The molecule has 0 aliphatic carbocycles. The van der Waals surface area contributed by atoms with Crippen LogP contribution >= 0.6 is 11.6 Å². The number of benzene rings is 2. The molecule has 1 atom stereocenters. The summed E-state index contributed by atoms with van der Waals surface area (Å²) in [7, 11) is 0. The molecular formula is C23H22ClN5O. The lowest BCUT2D eigenvalue weighted by Crippen LogP contribution is -2.32. The Morgan fingerprint density at radius 1 is 1.07 bits per heavy atom. The Labute approximate surface area is 180 Å². The second-order valence-electron chi connectivity index (χ2n) is 6.93. The third kappa shape index (κ3) is 4.28. The monoisotopic (exact) mass is 419 g/mol. The second-order valence-corrected chi connectivity index (χ2v) is 7.37. The van der Waals surface area contributed by atoms with Crippen molar-refractivity contribution < 1.29 is 4.79 Å². The molecule has 152 valence electrons. The van der Waals surface area contributed by atoms with Gasteiger partial charge in [0.05, 0.1) is 22.6 Å². The Kier molecular flexibility index (Phi) is 5.95. The molecule has 30 heavy (non-hydrogen) atoms. The number of para-hydroxylation sites is 1. The van der Waals surface area contributed by atoms with Crippen LogP contribution in [-0.2, 0) is 11.3 Å². The van der Waals surface area contributed by atoms with Crippen molar-refractivity contribution in [2.45, 2.75) is 25.9 Å². The number of nitrogens with zero attached hydrogens (tertiary/aromatic N) is 4. The summed E-state index contributed by atoms with van der Waals surface area (Å²) in [5.74, 6) is -0.108. The molecule has 0 saturated carbocycles. The summed E-state index contributed by atoms with van der Waals surface area (Å²) < 4.78 is 3.44. The third-order valence-corrected chi connectivity index (χ3v) is 5.08. The van der Waals surface area contributed by atoms with Crippen LogP contribution in [0.15, 0.2) is 79.3 Å². The average Bonchev–Trinajstić information content (AvgIpc) is 3.41. The van der Waals surface area contributed by atoms with Gasteiger partial charge in [0.25, 0.3) is 0 Å². The van der Waals surface area contributed by atoms with Gasteiger partial charge < -0.3 is 5.32 Å². The standard InChI is InChI=1S/C23H22ClN5O/c1-2-21(29-16-19(24)14-26-29)23(30)25-13-18-15-28(20-11-7-4-8-12-20)27-22(18)17-9-5-3-6-10-17/h3-12,14-16,21H,2,13H2,1H3,(H,25,30). The van der Waals surface area contributed by atoms with Crippen molar-refractivity contribution in [1.82, 2.24) is 24.9 Å². The number of rotatable bonds is 7. The Morgan fingerprint density at radius 2 is 1.77 bits per heavy atom. The first-order chi connectivity index (χ1) is 14.7. The van der Waals surface area contributed by atoms with Crippen molar-refractivity contribution in [1.29, 1.82) is 0 Å². The number of carbonyl (C=O) groups excluding carboxylic acids is 1. The molecule has 1 unspecified atom stereocenters. The zero-order valence-electron chi connectivity index (χ0n) is 16.6. The van der Waals surface area contributed by atoms with E-state index < -0.39 is 6.04 Å². The molecule has 0 bridgehead atoms. The number of aromatic nitrogens is 4. The Hall–Kier alpha value is -3.38. The Bertz CT molecular complexity index is 1120. The maximum absolute atomic E-state index is 12.8. The fraction of sp³-hybridized carbons (Fsp3) is 0.174. The highest BCUT2D eigenvalue weighted by Crippen LogP contribution is 2.24. The summed E-state index contributed by atoms with van der Waals surface area (Å²) in [5, 5.41) is 12.5. The van der Waals surface area contributed by atoms with E-state index in [0.29, 0.717) is 18.0 Å². The highest BCUT2D eigenvalue weighted by atomic mass is 35.5. The lowest BCUT2D eigenvalue weighted by molar-refractivity contribution is -0.124. The van der Waals surface area contributed by atoms with E-state index in [0.717, 1.165) is 22.5 Å². The molecular weight excluding hydrogens is 398 g/mol. The van der Waals surface area contributed by atoms with E-state index in [9.17, 15) is 4.79 Å². The van der Waals surface area contributed by atoms with Crippen LogP contribution in [0.4, 0.5) is 0 Å². The molecule has 6 nitrogen and oxygen atoms in total. The zero-order valence-corrected chi connectivity index (χ0v) is 17.3. The number of hydrogen-bond acceptors (Lipinski definition) is 3. The van der Waals surface area contributed by atoms with Crippen LogP contribution in [0.2, 0.25) is 5.02 Å². The summed E-state index contributed by atoms with van der Waals surface area (Å²) in [5.41, 5.74) is 3.74. The predicted molar refractivity (Wildman–Crippen MR) is 117 cm³/mol. The largest absolute Gasteiger partial charge is 0.350 e. The highest BCUT2D eigenvalue weighted by Gasteiger charge is 2.20. The summed E-state index contributed by atoms with van der Waals surface area (Å²) >= 11 is 5.96. The topological polar surface area (TPSA) is 64.7 Å². The van der Waals surface area contributed by atoms with E-state index in [1.807, 2.05) is 78.5 Å². The highest BCUT2D eigenvalue weighted by molar-refractivity contribution is 6.30. The van der Waals surface area contributed by atoms with Crippen molar-refractivity contribution in [2.24, 2.45) is 0 Å². The lowest BCUT2D eigenvalue weighted by atomic mass is 10.1. The molecule has 0 spiro atoms. The van der Waals surface area contributed by atoms with Crippen molar-refractivity contribution in [3.8, 4) is 16.9 Å². The van der Waals surface area contributed by atoms with E-state index in [4.69, 9.17) is 16.7 Å². The molecule has 0 radical (unpaired) electrons. The van der Waals surface area contributed by atoms with E-state index in [-0.39, 0.29) is 5.91 Å². The zero-order chi connectivity index (χ0) is 20.9. The molecule has 4 rings (SSSR count). The number of nitrogens with one attached hydrogen (secondary N) is 1. The first kappa shape index (κ1) is 19.9. The predicted octanol–water partition coefficient (Wildman–Crippen LogP) is 4.66. The summed E-state index contributed by atoms with van der Waals surface area (Å²) in [6, 6.07) is 19.5. The number of carbonyl (C=O) groups is 1. The van der Waals surface area contributed by atoms with Crippen LogP contribution in [0.3, 0.4) is 0 Å². The number of hydrogen-bond donors (Lipinski definition) is 1. The maximum Gasteiger partial charge on any atom is 0.245 e. The van der Waals surface area contributed by atoms with Crippen LogP contribution in [0.5, 0.6) is 0 Å². The molecule has 0 aliphatic rings. The maximum atomic E-state index is 12.8. The minimum absolute atomic E-state index is 0.108. The third-order valence-electron chi connectivity index (χ3n) is 4.89. The van der Waals surface area contributed by atoms with Gasteiger partial charge in [0.15, 0.2) is 0 Å². The van der Waals surface area contributed by atoms with Gasteiger partial charge in [0, 0.05) is 30.1 Å². The van der Waals surface area contributed by atoms with Crippen molar-refractivity contribution >= 4 is 17.5 Å². The van der Waals surface area contributed by atoms with Gasteiger partial charge in [-0.05, 0) is 18.6 Å². The molecule has 4 aromatic rings. The molecule has 2 aromatic heterocycles. The minimum Gasteiger partial charge on any atom is -0.350 e. The molecule has 0 fully saturated rings. The lowest BCUT2D eigenvalue weighted by Gasteiger charge is -2.15. The fourth-order valence-electron chi connectivity index (χ4n) is 3.37. The summed E-state index contributed by atoms with van der Waals surface area (Å²) in [6.07, 6.45) is 5.77. The average molecular weight is 420 g/mol. The summed E-state index contributed by atoms with van der Waals surface area (Å²) in [6.45, 7) is 2.31. The van der Waals surface area contributed by atoms with Crippen molar-refractivity contribution in [3.05, 3.63) is 89.8 Å². The van der Waals surface area contributed by atoms with Gasteiger partial charge in [0.2, 0.25) is 5.91 Å². The van der Waals surface area contributed by atoms with E-state index in [1.54, 1.807) is 10.9 Å². The molecule has 0 aliphatic heterocycles. The van der Waals surface area contributed by atoms with E-state index in [2.05, 4.69) is 10.4 Å². The van der Waals surface area contributed by atoms with Crippen LogP contribution in [0, 0.1) is 0 Å². The smallest absolute Gasteiger partial charge is 0.245 e. The van der Waals surface area contributed by atoms with E-state index in [1.165, 1.54) is 6.20 Å². The molecule has 2 aromatic carbocycles. The normalized spacial score (nSPS) is 11.9. The van der Waals surface area contributed by atoms with Crippen LogP contribution < -0.4 is 5.32 Å². The van der Waals surface area contributed by atoms with Gasteiger partial charge in [-0.15, -0.1) is 0 Å². The van der Waals surface area contributed by atoms with Gasteiger partial charge in [-0.1, -0.05) is 67.1 Å². The van der Waals surface area contributed by atoms with Crippen LogP contribution in [0.25, 0.3) is 16.9 Å². The molecule has 0 saturated heterocycles. The quantitative estimate of drug-likeness (QED) is 0.474. The second kappa shape index (κ2) is 8.97. The first-order valence-electron chi connectivity index (χ1n) is 9.82.